The number of methoxy groups -OCH3 is 1. The summed E-state index contributed by atoms with van der Waals surface area (Å²) in [5.41, 5.74) is 1.03. The second-order valence-electron chi connectivity index (χ2n) is 6.49. The topological polar surface area (TPSA) is 61.9 Å². The van der Waals surface area contributed by atoms with Crippen LogP contribution in [-0.2, 0) is 4.79 Å². The maximum Gasteiger partial charge on any atom is 0.264 e. The third-order valence-electron chi connectivity index (χ3n) is 4.82. The molecule has 1 aromatic heterocycles. The van der Waals surface area contributed by atoms with Gasteiger partial charge in [-0.3, -0.25) is 9.59 Å². The first kappa shape index (κ1) is 19.4. The molecule has 1 N–H and O–H groups in total. The number of rotatable bonds is 6. The van der Waals surface area contributed by atoms with E-state index in [-0.39, 0.29) is 24.4 Å². The number of para-hydroxylation sites is 1. The molecule has 1 atom stereocenters. The standard InChI is InChI=1S/C20H25N3O3S/c1-15(16-6-3-4-7-17(16)26-2)21-14-19(24)22-9-11-23(12-10-22)20(25)18-8-5-13-27-18/h3-8,13,15,21H,9-12,14H2,1-2H3. The lowest BCUT2D eigenvalue weighted by atomic mass is 10.1. The molecule has 1 fully saturated rings. The van der Waals surface area contributed by atoms with Gasteiger partial charge in [-0.25, -0.2) is 0 Å². The van der Waals surface area contributed by atoms with Crippen LogP contribution in [-0.4, -0.2) is 61.4 Å². The van der Waals surface area contributed by atoms with Crippen molar-refractivity contribution in [1.29, 1.82) is 0 Å². The molecule has 0 radical (unpaired) electrons. The van der Waals surface area contributed by atoms with Gasteiger partial charge in [-0.15, -0.1) is 11.3 Å². The molecule has 1 unspecified atom stereocenters. The van der Waals surface area contributed by atoms with Gasteiger partial charge in [0.05, 0.1) is 18.5 Å². The molecule has 2 amide bonds. The maximum atomic E-state index is 12.5. The average molecular weight is 388 g/mol. The molecule has 1 aromatic carbocycles. The summed E-state index contributed by atoms with van der Waals surface area (Å²) >= 11 is 1.45. The van der Waals surface area contributed by atoms with E-state index in [2.05, 4.69) is 5.32 Å². The van der Waals surface area contributed by atoms with Crippen molar-refractivity contribution < 1.29 is 14.3 Å². The first-order valence-corrected chi connectivity index (χ1v) is 9.95. The van der Waals surface area contributed by atoms with E-state index in [0.717, 1.165) is 16.2 Å². The summed E-state index contributed by atoms with van der Waals surface area (Å²) in [6.07, 6.45) is 0. The Morgan fingerprint density at radius 3 is 2.48 bits per heavy atom. The van der Waals surface area contributed by atoms with Crippen LogP contribution in [0, 0.1) is 0 Å². The van der Waals surface area contributed by atoms with Crippen LogP contribution in [0.15, 0.2) is 41.8 Å². The molecule has 2 aromatic rings. The molecule has 7 heteroatoms. The van der Waals surface area contributed by atoms with Crippen molar-refractivity contribution >= 4 is 23.2 Å². The SMILES string of the molecule is COc1ccccc1C(C)NCC(=O)N1CCN(C(=O)c2cccs2)CC1. The van der Waals surface area contributed by atoms with E-state index < -0.39 is 0 Å². The predicted molar refractivity (Wildman–Crippen MR) is 106 cm³/mol. The molecule has 3 rings (SSSR count). The fraction of sp³-hybridized carbons (Fsp3) is 0.400. The minimum Gasteiger partial charge on any atom is -0.496 e. The number of thiophene rings is 1. The van der Waals surface area contributed by atoms with Crippen LogP contribution in [0.25, 0.3) is 0 Å². The van der Waals surface area contributed by atoms with Crippen molar-refractivity contribution in [3.63, 3.8) is 0 Å². The zero-order valence-corrected chi connectivity index (χ0v) is 16.5. The Labute approximate surface area is 163 Å². The Morgan fingerprint density at radius 1 is 1.11 bits per heavy atom. The Morgan fingerprint density at radius 2 is 1.81 bits per heavy atom. The zero-order chi connectivity index (χ0) is 19.2. The molecule has 1 saturated heterocycles. The number of carbonyl (C=O) groups is 2. The molecule has 2 heterocycles. The van der Waals surface area contributed by atoms with E-state index in [0.29, 0.717) is 26.2 Å². The van der Waals surface area contributed by atoms with E-state index in [1.807, 2.05) is 58.5 Å². The molecule has 6 nitrogen and oxygen atoms in total. The number of piperazine rings is 1. The molecular formula is C20H25N3O3S. The summed E-state index contributed by atoms with van der Waals surface area (Å²) in [5.74, 6) is 0.922. The lowest BCUT2D eigenvalue weighted by Gasteiger charge is -2.34. The van der Waals surface area contributed by atoms with E-state index >= 15 is 0 Å². The van der Waals surface area contributed by atoms with Crippen molar-refractivity contribution in [3.8, 4) is 5.75 Å². The van der Waals surface area contributed by atoms with Gasteiger partial charge in [0.2, 0.25) is 5.91 Å². The number of amides is 2. The number of benzene rings is 1. The Kier molecular flexibility index (Phi) is 6.47. The summed E-state index contributed by atoms with van der Waals surface area (Å²) in [6, 6.07) is 11.5. The van der Waals surface area contributed by atoms with E-state index in [1.54, 1.807) is 7.11 Å². The van der Waals surface area contributed by atoms with Crippen LogP contribution in [0.2, 0.25) is 0 Å². The van der Waals surface area contributed by atoms with Crippen LogP contribution in [0.5, 0.6) is 5.75 Å². The van der Waals surface area contributed by atoms with E-state index in [4.69, 9.17) is 4.74 Å². The number of carbonyl (C=O) groups excluding carboxylic acids is 2. The van der Waals surface area contributed by atoms with Crippen molar-refractivity contribution in [2.24, 2.45) is 0 Å². The summed E-state index contributed by atoms with van der Waals surface area (Å²) in [4.78, 5) is 29.3. The van der Waals surface area contributed by atoms with Gasteiger partial charge < -0.3 is 19.9 Å². The Hall–Kier alpha value is -2.38. The van der Waals surface area contributed by atoms with Gasteiger partial charge in [0.15, 0.2) is 0 Å². The van der Waals surface area contributed by atoms with E-state index in [9.17, 15) is 9.59 Å². The van der Waals surface area contributed by atoms with Gasteiger partial charge in [-0.05, 0) is 24.4 Å². The molecule has 144 valence electrons. The summed E-state index contributed by atoms with van der Waals surface area (Å²) in [5, 5.41) is 5.18. The molecule has 0 saturated carbocycles. The molecule has 0 aliphatic carbocycles. The van der Waals surface area contributed by atoms with Gasteiger partial charge in [0, 0.05) is 37.8 Å². The highest BCUT2D eigenvalue weighted by Gasteiger charge is 2.25. The summed E-state index contributed by atoms with van der Waals surface area (Å²) in [6.45, 7) is 4.57. The molecule has 1 aliphatic heterocycles. The lowest BCUT2D eigenvalue weighted by molar-refractivity contribution is -0.131. The van der Waals surface area contributed by atoms with E-state index in [1.165, 1.54) is 11.3 Å². The van der Waals surface area contributed by atoms with Gasteiger partial charge >= 0.3 is 0 Å². The normalized spacial score (nSPS) is 15.5. The number of ether oxygens (including phenoxy) is 1. The third-order valence-corrected chi connectivity index (χ3v) is 5.67. The van der Waals surface area contributed by atoms with Gasteiger partial charge in [0.1, 0.15) is 5.75 Å². The molecule has 0 bridgehead atoms. The number of hydrogen-bond acceptors (Lipinski definition) is 5. The Balaban J connectivity index is 1.47. The maximum absolute atomic E-state index is 12.5. The largest absolute Gasteiger partial charge is 0.496 e. The van der Waals surface area contributed by atoms with Crippen LogP contribution < -0.4 is 10.1 Å². The molecule has 0 spiro atoms. The molecule has 1 aliphatic rings. The second-order valence-corrected chi connectivity index (χ2v) is 7.44. The first-order chi connectivity index (χ1) is 13.1. The number of nitrogens with one attached hydrogen (secondary N) is 1. The molecule has 27 heavy (non-hydrogen) atoms. The minimum atomic E-state index is 0.00629. The van der Waals surface area contributed by atoms with Crippen molar-refractivity contribution in [2.45, 2.75) is 13.0 Å². The highest BCUT2D eigenvalue weighted by Crippen LogP contribution is 2.24. The highest BCUT2D eigenvalue weighted by molar-refractivity contribution is 7.12. The Bertz CT molecular complexity index is 771. The first-order valence-electron chi connectivity index (χ1n) is 9.07. The van der Waals surface area contributed by atoms with Crippen LogP contribution in [0.1, 0.15) is 28.2 Å². The van der Waals surface area contributed by atoms with Crippen LogP contribution in [0.4, 0.5) is 0 Å². The predicted octanol–water partition coefficient (Wildman–Crippen LogP) is 2.39. The number of hydrogen-bond donors (Lipinski definition) is 1. The number of nitrogens with zero attached hydrogens (tertiary/aromatic N) is 2. The molecular weight excluding hydrogens is 362 g/mol. The van der Waals surface area contributed by atoms with Gasteiger partial charge in [-0.1, -0.05) is 24.3 Å². The van der Waals surface area contributed by atoms with Crippen molar-refractivity contribution in [3.05, 3.63) is 52.2 Å². The second kappa shape index (κ2) is 9.01. The monoisotopic (exact) mass is 387 g/mol. The highest BCUT2D eigenvalue weighted by atomic mass is 32.1. The zero-order valence-electron chi connectivity index (χ0n) is 15.7. The van der Waals surface area contributed by atoms with Crippen LogP contribution in [0.3, 0.4) is 0 Å². The minimum absolute atomic E-state index is 0.00629. The smallest absolute Gasteiger partial charge is 0.264 e. The van der Waals surface area contributed by atoms with Crippen molar-refractivity contribution in [2.75, 3.05) is 39.8 Å². The van der Waals surface area contributed by atoms with Gasteiger partial charge in [-0.2, -0.15) is 0 Å². The summed E-state index contributed by atoms with van der Waals surface area (Å²) in [7, 11) is 1.65. The van der Waals surface area contributed by atoms with Gasteiger partial charge in [0.25, 0.3) is 5.91 Å². The third kappa shape index (κ3) is 4.67. The van der Waals surface area contributed by atoms with Crippen LogP contribution >= 0.6 is 11.3 Å². The quantitative estimate of drug-likeness (QED) is 0.827. The fourth-order valence-corrected chi connectivity index (χ4v) is 3.89. The lowest BCUT2D eigenvalue weighted by Crippen LogP contribution is -2.52. The fourth-order valence-electron chi connectivity index (χ4n) is 3.20. The average Bonchev–Trinajstić information content (AvgIpc) is 3.26. The summed E-state index contributed by atoms with van der Waals surface area (Å²) < 4.78 is 5.38. The van der Waals surface area contributed by atoms with Crippen molar-refractivity contribution in [1.82, 2.24) is 15.1 Å².